The molecule has 0 N–H and O–H groups in total. The van der Waals surface area contributed by atoms with E-state index in [4.69, 9.17) is 37.3 Å². The van der Waals surface area contributed by atoms with E-state index >= 15 is 0 Å². The summed E-state index contributed by atoms with van der Waals surface area (Å²) in [6.07, 6.45) is 14.0. The minimum absolute atomic E-state index is 0.0303. The molecule has 0 amide bonds. The van der Waals surface area contributed by atoms with Gasteiger partial charge in [0.25, 0.3) is 11.4 Å². The van der Waals surface area contributed by atoms with Crippen LogP contribution in [0.5, 0.6) is 0 Å². The highest BCUT2D eigenvalue weighted by molar-refractivity contribution is 9.11. The van der Waals surface area contributed by atoms with Crippen molar-refractivity contribution in [2.24, 2.45) is 0 Å². The molecule has 92 heavy (non-hydrogen) atoms. The van der Waals surface area contributed by atoms with E-state index in [1.807, 2.05) is 12.1 Å². The molecule has 8 aromatic carbocycles. The number of nitrogens with zero attached hydrogens (tertiary/aromatic N) is 6. The largest absolute Gasteiger partial charge is 0.347 e. The maximum Gasteiger partial charge on any atom is 0.284 e. The Hall–Kier alpha value is -7.80. The summed E-state index contributed by atoms with van der Waals surface area (Å²) in [7, 11) is -5.59. The number of nitro groups is 2. The van der Waals surface area contributed by atoms with Gasteiger partial charge in [0.15, 0.2) is 18.0 Å². The molecular formula is C70H64Br2Cl2N6O12. The van der Waals surface area contributed by atoms with Gasteiger partial charge in [0.2, 0.25) is 11.4 Å². The molecule has 0 aromatic heterocycles. The number of halogens is 4. The minimum Gasteiger partial charge on any atom is -0.347 e. The second-order valence-electron chi connectivity index (χ2n) is 24.8. The van der Waals surface area contributed by atoms with Gasteiger partial charge in [-0.15, -0.1) is 20.5 Å². The molecule has 0 saturated carbocycles. The van der Waals surface area contributed by atoms with Crippen LogP contribution in [0.1, 0.15) is 87.4 Å². The van der Waals surface area contributed by atoms with Gasteiger partial charge in [-0.1, -0.05) is 135 Å². The molecule has 474 valence electrons. The molecule has 0 fully saturated rings. The van der Waals surface area contributed by atoms with Gasteiger partial charge in [-0.2, -0.15) is 9.15 Å². The lowest BCUT2D eigenvalue weighted by atomic mass is 9.74. The van der Waals surface area contributed by atoms with E-state index in [9.17, 15) is 20.2 Å². The molecule has 8 aromatic rings. The van der Waals surface area contributed by atoms with Gasteiger partial charge >= 0.3 is 0 Å². The van der Waals surface area contributed by atoms with Gasteiger partial charge in [-0.25, -0.2) is 37.3 Å². The standard InChI is InChI=1S/C70H64Br2N6O4.2ClHO4/c1-67(2)51-37-59(77(79)80)53(71)39-57(51)75(62(67)26-17-25-61-69(5,6)65-49-23-15-13-21-47(49)33-35-55(65)73(61)8)42-45-29-31-46(32-30-45)43-76-58-40-54(72)60(78(81)82)38-52(58)68(3,4)63(76)27-18-28-64-70(7,41-44-19-11-10-12-20-44)66-50-24-16-14-22-48(50)34-36-56(66)74(64)9;2*2-1(3,4)5/h10-40H,41-43H2,1-9H3;2*(H,2,3,4,5)/q+2;;/p-2. The number of benzene rings is 8. The summed E-state index contributed by atoms with van der Waals surface area (Å²) in [6.45, 7) is 16.6. The Labute approximate surface area is 553 Å². The van der Waals surface area contributed by atoms with E-state index in [2.05, 4.69) is 277 Å². The van der Waals surface area contributed by atoms with Crippen molar-refractivity contribution < 1.29 is 76.8 Å². The van der Waals surface area contributed by atoms with E-state index in [0.29, 0.717) is 22.0 Å². The Kier molecular flexibility index (Phi) is 18.4. The van der Waals surface area contributed by atoms with Crippen LogP contribution in [0.25, 0.3) is 21.5 Å². The lowest BCUT2D eigenvalue weighted by Gasteiger charge is -2.29. The smallest absolute Gasteiger partial charge is 0.284 e. The fourth-order valence-corrected chi connectivity index (χ4v) is 14.9. The fraction of sp³-hybridized carbons (Fsp3) is 0.229. The Morgan fingerprint density at radius 1 is 0.522 bits per heavy atom. The number of likely N-dealkylation sites (N-methyl/N-ethyl adjacent to an activating group) is 1. The molecule has 22 heteroatoms. The van der Waals surface area contributed by atoms with Crippen LogP contribution in [0.4, 0.5) is 34.1 Å². The van der Waals surface area contributed by atoms with Crippen molar-refractivity contribution >= 4 is 99.0 Å². The van der Waals surface area contributed by atoms with E-state index < -0.39 is 31.3 Å². The molecule has 0 aliphatic carbocycles. The quantitative estimate of drug-likeness (QED) is 0.0638. The number of hydrogen-bond acceptors (Lipinski definition) is 14. The second-order valence-corrected chi connectivity index (χ2v) is 28.1. The van der Waals surface area contributed by atoms with Crippen molar-refractivity contribution in [1.82, 2.24) is 0 Å². The molecule has 4 heterocycles. The van der Waals surface area contributed by atoms with Crippen LogP contribution in [-0.4, -0.2) is 44.5 Å². The molecule has 12 rings (SSSR count). The van der Waals surface area contributed by atoms with Gasteiger partial charge in [-0.05, 0) is 147 Å². The van der Waals surface area contributed by atoms with Gasteiger partial charge in [0.05, 0.1) is 25.1 Å². The van der Waals surface area contributed by atoms with E-state index in [1.165, 1.54) is 61.0 Å². The van der Waals surface area contributed by atoms with Gasteiger partial charge in [0, 0.05) is 100 Å². The summed E-state index contributed by atoms with van der Waals surface area (Å²) in [5.74, 6) is 0. The SMILES string of the molecule is CN1C(=CC=CC2=[N+](Cc3ccc(CN4/C(=C/C=C/C5=[N+](C)c6ccc7ccccc7c6C5(C)C)C(C)(C)c5cc([N+](=O)[O-])c(Br)cc54)cc3)c3cc(Br)c([N+](=O)[O-])cc3C2(C)C)C(C)(Cc2ccccc2)c2c1ccc1ccccc21.[O-][Cl+3]([O-])([O-])[O-].[O-][Cl+3]([O-])([O-])[O-]. The molecule has 1 unspecified atom stereocenters. The van der Waals surface area contributed by atoms with Crippen LogP contribution in [0.15, 0.2) is 208 Å². The highest BCUT2D eigenvalue weighted by Gasteiger charge is 2.49. The summed E-state index contributed by atoms with van der Waals surface area (Å²) in [6, 6.07) is 52.7. The summed E-state index contributed by atoms with van der Waals surface area (Å²) >= 11 is 7.14. The van der Waals surface area contributed by atoms with Gasteiger partial charge in [-0.3, -0.25) is 20.2 Å². The third-order valence-electron chi connectivity index (χ3n) is 18.1. The summed E-state index contributed by atoms with van der Waals surface area (Å²) in [5.41, 5.74) is 14.6. The van der Waals surface area contributed by atoms with Crippen molar-refractivity contribution in [3.05, 3.63) is 268 Å². The van der Waals surface area contributed by atoms with E-state index in [0.717, 1.165) is 51.5 Å². The maximum atomic E-state index is 12.4. The number of fused-ring (bicyclic) bond motifs is 8. The molecule has 0 saturated heterocycles. The molecule has 4 aliphatic rings. The third-order valence-corrected chi connectivity index (χ3v) is 19.3. The van der Waals surface area contributed by atoms with Crippen molar-refractivity contribution in [1.29, 1.82) is 0 Å². The van der Waals surface area contributed by atoms with Gasteiger partial charge < -0.3 is 9.80 Å². The van der Waals surface area contributed by atoms with Crippen LogP contribution in [0.2, 0.25) is 0 Å². The first kappa shape index (κ1) is 67.1. The zero-order valence-electron chi connectivity index (χ0n) is 51.6. The number of allylic oxidation sites excluding steroid dienone is 8. The highest BCUT2D eigenvalue weighted by atomic mass is 79.9. The Bertz CT molecular complexity index is 4470. The molecule has 18 nitrogen and oxygen atoms in total. The number of rotatable bonds is 12. The average molecular weight is 1410 g/mol. The summed E-state index contributed by atoms with van der Waals surface area (Å²) < 4.78 is 73.4. The Morgan fingerprint density at radius 2 is 1.02 bits per heavy atom. The predicted octanol–water partition coefficient (Wildman–Crippen LogP) is 7.93. The average Bonchev–Trinajstić information content (AvgIpc) is 1.59. The predicted molar refractivity (Wildman–Crippen MR) is 341 cm³/mol. The van der Waals surface area contributed by atoms with Crippen LogP contribution in [-0.2, 0) is 41.2 Å². The van der Waals surface area contributed by atoms with E-state index in [-0.39, 0.29) is 32.1 Å². The third kappa shape index (κ3) is 13.1. The molecule has 0 radical (unpaired) electrons. The van der Waals surface area contributed by atoms with Crippen LogP contribution in [0.3, 0.4) is 0 Å². The number of nitro benzene ring substituents is 2. The van der Waals surface area contributed by atoms with Crippen molar-refractivity contribution in [3.8, 4) is 0 Å². The van der Waals surface area contributed by atoms with Crippen molar-refractivity contribution in [2.45, 2.75) is 89.6 Å². The maximum absolute atomic E-state index is 12.4. The first-order valence-corrected chi connectivity index (χ1v) is 33.1. The van der Waals surface area contributed by atoms with E-state index in [1.54, 1.807) is 12.1 Å². The minimum atomic E-state index is -4.94. The molecule has 4 aliphatic heterocycles. The summed E-state index contributed by atoms with van der Waals surface area (Å²) in [4.78, 5) is 28.8. The molecule has 0 bridgehead atoms. The molecular weight excluding hydrogens is 1350 g/mol. The number of hydrogen-bond donors (Lipinski definition) is 0. The Balaban J connectivity index is 0.000000862. The fourth-order valence-electron chi connectivity index (χ4n) is 14.0. The van der Waals surface area contributed by atoms with Crippen molar-refractivity contribution in [2.75, 3.05) is 23.9 Å². The topological polar surface area (TPSA) is 283 Å². The van der Waals surface area contributed by atoms with Crippen LogP contribution < -0.4 is 47.1 Å². The lowest BCUT2D eigenvalue weighted by molar-refractivity contribution is -2.00. The highest BCUT2D eigenvalue weighted by Crippen LogP contribution is 2.54. The zero-order chi connectivity index (χ0) is 66.8. The second kappa shape index (κ2) is 25.3. The molecule has 1 atom stereocenters. The number of anilines is 2. The normalized spacial score (nSPS) is 18.6. The first-order chi connectivity index (χ1) is 43.1. The zero-order valence-corrected chi connectivity index (χ0v) is 56.3. The lowest BCUT2D eigenvalue weighted by Crippen LogP contribution is -2.68. The van der Waals surface area contributed by atoms with Gasteiger partial charge in [0.1, 0.15) is 11.5 Å². The Morgan fingerprint density at radius 3 is 1.61 bits per heavy atom. The monoisotopic (exact) mass is 1410 g/mol. The van der Waals surface area contributed by atoms with Crippen molar-refractivity contribution in [3.63, 3.8) is 0 Å². The van der Waals surface area contributed by atoms with Crippen LogP contribution >= 0.6 is 31.9 Å². The molecule has 0 spiro atoms. The summed E-state index contributed by atoms with van der Waals surface area (Å²) in [5, 5.41) is 29.7. The van der Waals surface area contributed by atoms with Crippen LogP contribution in [0, 0.1) is 40.7 Å². The first-order valence-electron chi connectivity index (χ1n) is 29.0.